The smallest absolute Gasteiger partial charge is 0.360 e. The fourth-order valence-corrected chi connectivity index (χ4v) is 14.2. The number of hydrogen-bond acceptors (Lipinski definition) is 27. The van der Waals surface area contributed by atoms with E-state index in [1.165, 1.54) is 20.0 Å². The number of piperidine rings is 3. The van der Waals surface area contributed by atoms with Crippen LogP contribution in [-0.2, 0) is 51.7 Å². The number of aliphatic hydroxyl groups excluding tert-OH is 1. The number of benzene rings is 6. The van der Waals surface area contributed by atoms with Crippen LogP contribution in [-0.4, -0.2) is 172 Å². The van der Waals surface area contributed by atoms with Gasteiger partial charge >= 0.3 is 5.97 Å². The molecule has 0 bridgehead atoms. The number of nitrogens with one attached hydrogen (secondary N) is 2. The van der Waals surface area contributed by atoms with Crippen molar-refractivity contribution in [3.8, 4) is 5.75 Å². The summed E-state index contributed by atoms with van der Waals surface area (Å²) in [5.74, 6) is 1.61. The largest absolute Gasteiger partial charge is 0.497 e. The molecule has 0 radical (unpaired) electrons. The number of nitrogens with two attached hydrogens (primary N) is 1. The van der Waals surface area contributed by atoms with Gasteiger partial charge in [0.15, 0.2) is 57.2 Å². The SMILES string of the molecule is COC(=O)c1noc2cc(Br)ccc12.COC1CCN(Cc2noc3cc(Br)ccc23)CC1.COC1CCN(Cc2noc3cc(NC4=NCc5cccnc54)ccc23)CC1.COC1CCNCC1.COc1ccc(Cn2nc(N)c3ncccc32)cc1.O=Cc1noc2cc(Br)ccc12.OCc1noc2cc(Br)ccc12. The number of esters is 1. The third-order valence-electron chi connectivity index (χ3n) is 19.0. The lowest BCUT2D eigenvalue weighted by Crippen LogP contribution is -2.36. The number of carbonyl (C=O) groups is 2. The first-order chi connectivity index (χ1) is 54.6. The zero-order valence-electron chi connectivity index (χ0n) is 62.1. The van der Waals surface area contributed by atoms with Crippen LogP contribution in [0.3, 0.4) is 0 Å². The van der Waals surface area contributed by atoms with Crippen molar-refractivity contribution in [3.05, 3.63) is 215 Å². The number of pyridine rings is 2. The number of hydrogen-bond donors (Lipinski definition) is 4. The molecule has 3 fully saturated rings. The number of likely N-dealkylation sites (tertiary alicyclic amines) is 2. The fourth-order valence-electron chi connectivity index (χ4n) is 12.9. The Hall–Kier alpha value is -9.71. The van der Waals surface area contributed by atoms with Crippen molar-refractivity contribution in [2.75, 3.05) is 85.9 Å². The Labute approximate surface area is 677 Å². The predicted octanol–water partition coefficient (Wildman–Crippen LogP) is 15.7. The minimum atomic E-state index is -0.494. The highest BCUT2D eigenvalue weighted by Crippen LogP contribution is 2.31. The van der Waals surface area contributed by atoms with Crippen molar-refractivity contribution in [3.63, 3.8) is 0 Å². The predicted molar refractivity (Wildman–Crippen MR) is 439 cm³/mol. The van der Waals surface area contributed by atoms with E-state index in [1.54, 1.807) is 65.1 Å². The molecule has 32 heteroatoms. The molecule has 3 saturated heterocycles. The molecule has 4 aliphatic heterocycles. The molecule has 0 aliphatic carbocycles. The van der Waals surface area contributed by atoms with Gasteiger partial charge in [0, 0.05) is 124 Å². The van der Waals surface area contributed by atoms with Gasteiger partial charge in [0.1, 0.15) is 34.0 Å². The molecule has 14 aromatic rings. The topological polar surface area (TPSA) is 343 Å². The number of aromatic nitrogens is 9. The summed E-state index contributed by atoms with van der Waals surface area (Å²) in [7, 11) is 8.34. The fraction of sp³-hybridized carbons (Fsp3) is 0.312. The number of carbonyl (C=O) groups excluding carboxylic acids is 2. The molecule has 0 saturated carbocycles. The number of amidine groups is 1. The molecule has 6 aromatic carbocycles. The molecule has 0 amide bonds. The molecule has 12 heterocycles. The lowest BCUT2D eigenvalue weighted by molar-refractivity contribution is 0.0383. The van der Waals surface area contributed by atoms with E-state index in [2.05, 4.69) is 153 Å². The van der Waals surface area contributed by atoms with Crippen LogP contribution < -0.4 is 21.1 Å². The second-order valence-electron chi connectivity index (χ2n) is 26.2. The number of rotatable bonds is 14. The van der Waals surface area contributed by atoms with E-state index in [-0.39, 0.29) is 12.3 Å². The van der Waals surface area contributed by atoms with E-state index in [4.69, 9.17) is 52.4 Å². The Kier molecular flexibility index (Phi) is 29.3. The van der Waals surface area contributed by atoms with Crippen LogP contribution >= 0.6 is 63.7 Å². The molecule has 8 aromatic heterocycles. The van der Waals surface area contributed by atoms with Crippen molar-refractivity contribution in [2.45, 2.75) is 89.6 Å². The van der Waals surface area contributed by atoms with Crippen molar-refractivity contribution in [2.24, 2.45) is 4.99 Å². The van der Waals surface area contributed by atoms with E-state index in [0.717, 1.165) is 185 Å². The van der Waals surface area contributed by atoms with Crippen molar-refractivity contribution < 1.29 is 61.0 Å². The molecular formula is C80H83Br4N15O13. The number of aliphatic imine (C=N–C) groups is 1. The Balaban J connectivity index is 0.000000125. The second-order valence-corrected chi connectivity index (χ2v) is 29.9. The molecule has 0 atom stereocenters. The number of nitrogens with zero attached hydrogens (tertiary/aromatic N) is 12. The zero-order valence-corrected chi connectivity index (χ0v) is 68.4. The number of halogens is 4. The maximum Gasteiger partial charge on any atom is 0.360 e. The van der Waals surface area contributed by atoms with Gasteiger partial charge in [-0.05, 0) is 172 Å². The summed E-state index contributed by atoms with van der Waals surface area (Å²) in [6.45, 7) is 9.31. The van der Waals surface area contributed by atoms with E-state index < -0.39 is 5.97 Å². The van der Waals surface area contributed by atoms with Gasteiger partial charge < -0.3 is 67.8 Å². The summed E-state index contributed by atoms with van der Waals surface area (Å²) in [6, 6.07) is 44.2. The number of ether oxygens (including phenoxy) is 5. The zero-order chi connectivity index (χ0) is 78.5. The quantitative estimate of drug-likeness (QED) is 0.0580. The van der Waals surface area contributed by atoms with E-state index in [1.807, 2.05) is 102 Å². The van der Waals surface area contributed by atoms with Crippen LogP contribution in [0.2, 0.25) is 0 Å². The summed E-state index contributed by atoms with van der Waals surface area (Å²) < 4.78 is 57.1. The number of fused-ring (bicyclic) bond motifs is 7. The summed E-state index contributed by atoms with van der Waals surface area (Å²) in [5.41, 5.74) is 18.3. The lowest BCUT2D eigenvalue weighted by atomic mass is 10.1. The molecule has 4 aliphatic rings. The van der Waals surface area contributed by atoms with Crippen LogP contribution in [0.15, 0.2) is 197 Å². The molecule has 584 valence electrons. The van der Waals surface area contributed by atoms with Crippen LogP contribution in [0.4, 0.5) is 11.5 Å². The first-order valence-corrected chi connectivity index (χ1v) is 39.2. The monoisotopic (exact) mass is 1780 g/mol. The van der Waals surface area contributed by atoms with Gasteiger partial charge in [0.05, 0.1) is 68.5 Å². The number of nitrogen functional groups attached to an aromatic ring is 1. The van der Waals surface area contributed by atoms with Crippen LogP contribution in [0.1, 0.15) is 93.4 Å². The first kappa shape index (κ1) is 81.8. The van der Waals surface area contributed by atoms with E-state index in [0.29, 0.717) is 77.0 Å². The van der Waals surface area contributed by atoms with Gasteiger partial charge in [-0.1, -0.05) is 108 Å². The molecule has 5 N–H and O–H groups in total. The Morgan fingerprint density at radius 3 is 1.62 bits per heavy atom. The second kappa shape index (κ2) is 40.2. The van der Waals surface area contributed by atoms with Crippen LogP contribution in [0, 0.1) is 0 Å². The Bertz CT molecular complexity index is 5450. The summed E-state index contributed by atoms with van der Waals surface area (Å²) in [6.07, 6.45) is 12.2. The number of aldehydes is 1. The van der Waals surface area contributed by atoms with Gasteiger partial charge in [-0.15, -0.1) is 0 Å². The van der Waals surface area contributed by atoms with E-state index >= 15 is 0 Å². The molecule has 28 nitrogen and oxygen atoms in total. The number of anilines is 2. The van der Waals surface area contributed by atoms with Crippen LogP contribution in [0.25, 0.3) is 65.9 Å². The summed E-state index contributed by atoms with van der Waals surface area (Å²) >= 11 is 13.3. The average molecular weight is 1780 g/mol. The normalized spacial score (nSPS) is 14.6. The minimum Gasteiger partial charge on any atom is -0.497 e. The highest BCUT2D eigenvalue weighted by molar-refractivity contribution is 9.11. The van der Waals surface area contributed by atoms with Gasteiger partial charge in [-0.2, -0.15) is 5.10 Å². The Morgan fingerprint density at radius 1 is 0.571 bits per heavy atom. The molecular weight excluding hydrogens is 1700 g/mol. The van der Waals surface area contributed by atoms with Crippen LogP contribution in [0.5, 0.6) is 5.75 Å². The van der Waals surface area contributed by atoms with Gasteiger partial charge in [0.2, 0.25) is 0 Å². The average Bonchev–Trinajstić information content (AvgIpc) is 1.64. The summed E-state index contributed by atoms with van der Waals surface area (Å²) in [5, 5.41) is 43.7. The van der Waals surface area contributed by atoms with Gasteiger partial charge in [-0.3, -0.25) is 34.2 Å². The summed E-state index contributed by atoms with van der Waals surface area (Å²) in [4.78, 5) is 39.7. The maximum absolute atomic E-state index is 11.2. The molecule has 18 rings (SSSR count). The molecule has 0 spiro atoms. The molecule has 112 heavy (non-hydrogen) atoms. The Morgan fingerprint density at radius 2 is 1.06 bits per heavy atom. The van der Waals surface area contributed by atoms with Gasteiger partial charge in [0.25, 0.3) is 0 Å². The van der Waals surface area contributed by atoms with E-state index in [9.17, 15) is 9.59 Å². The van der Waals surface area contributed by atoms with Crippen molar-refractivity contribution in [1.82, 2.24) is 60.6 Å². The molecule has 0 unspecified atom stereocenters. The first-order valence-electron chi connectivity index (χ1n) is 36.0. The van der Waals surface area contributed by atoms with Gasteiger partial charge in [-0.25, -0.2) is 4.79 Å². The highest BCUT2D eigenvalue weighted by atomic mass is 79.9. The number of aliphatic hydroxyl groups is 1. The van der Waals surface area contributed by atoms with Crippen molar-refractivity contribution >= 4 is 159 Å². The minimum absolute atomic E-state index is 0.0887. The maximum atomic E-state index is 11.2. The standard InChI is InChI=1S/C21H23N5O2.C14H17BrN2O2.C14H14N4O.C9H6BrNO3.C8H6BrNO2.C8H4BrNO2.C6H13NO/c1-27-16-6-9-26(10-7-16)13-18-17-5-4-15(11-19(17)28-25-18)24-21-20-14(12-23-21)3-2-8-22-20;1-18-11-4-6-17(7-5-11)9-13-12-3-2-10(15)8-14(12)19-16-13;1-19-11-6-4-10(5-7-11)9-18-12-3-2-8-16-13(12)14(15)17-18;1-13-9(12)8-6-3-2-5(10)4-7(6)14-11-8;2*9-5-1-2-6-7(4-11)10-12-8(6)3-5;1-8-6-2-4-7-5-3-6/h2-5,8,11,16H,6-7,9-10,12-13H2,1H3,(H,23,24);2-3,8,11H,4-7,9H2,1H3;2-8H,9H2,1H3,(H2,15,17);2-4H,1H3;1-3,11H,4H2;1-4H;6-7H,2-5H2,1H3. The lowest BCUT2D eigenvalue weighted by Gasteiger charge is -2.30. The third-order valence-corrected chi connectivity index (χ3v) is 21.0. The highest BCUT2D eigenvalue weighted by Gasteiger charge is 2.25. The van der Waals surface area contributed by atoms with Crippen molar-refractivity contribution in [1.29, 1.82) is 0 Å². The third kappa shape index (κ3) is 21.3. The number of methoxy groups -OCH3 is 5.